The first kappa shape index (κ1) is 18.3. The van der Waals surface area contributed by atoms with Crippen molar-refractivity contribution < 1.29 is 14.3 Å². The summed E-state index contributed by atoms with van der Waals surface area (Å²) in [6, 6.07) is 7.90. The Bertz CT molecular complexity index is 1090. The largest absolute Gasteiger partial charge is 0.508 e. The SMILES string of the molecule is Cc1c(CC(=O)Nc2cc(Cl)ccc2Cl)c(=O)oc2c(C)c(O)ccc12. The molecule has 134 valence electrons. The molecule has 0 saturated heterocycles. The van der Waals surface area contributed by atoms with E-state index in [-0.39, 0.29) is 17.7 Å². The van der Waals surface area contributed by atoms with Crippen LogP contribution in [0, 0.1) is 13.8 Å². The fraction of sp³-hybridized carbons (Fsp3) is 0.158. The van der Waals surface area contributed by atoms with Crippen LogP contribution in [0.15, 0.2) is 39.5 Å². The Labute approximate surface area is 159 Å². The average molecular weight is 392 g/mol. The molecule has 7 heteroatoms. The van der Waals surface area contributed by atoms with Crippen LogP contribution in [-0.4, -0.2) is 11.0 Å². The number of nitrogens with one attached hydrogen (secondary N) is 1. The lowest BCUT2D eigenvalue weighted by Crippen LogP contribution is -2.21. The van der Waals surface area contributed by atoms with Crippen molar-refractivity contribution in [3.05, 3.63) is 67.5 Å². The molecule has 0 fully saturated rings. The Kier molecular flexibility index (Phi) is 4.94. The quantitative estimate of drug-likeness (QED) is 0.639. The molecule has 0 unspecified atom stereocenters. The molecule has 2 N–H and O–H groups in total. The van der Waals surface area contributed by atoms with Crippen LogP contribution >= 0.6 is 23.2 Å². The van der Waals surface area contributed by atoms with Crippen molar-refractivity contribution in [1.82, 2.24) is 0 Å². The number of anilines is 1. The van der Waals surface area contributed by atoms with Crippen molar-refractivity contribution in [2.75, 3.05) is 5.32 Å². The van der Waals surface area contributed by atoms with Crippen LogP contribution in [0.5, 0.6) is 5.75 Å². The Morgan fingerprint density at radius 2 is 1.88 bits per heavy atom. The second-order valence-electron chi connectivity index (χ2n) is 5.93. The highest BCUT2D eigenvalue weighted by Gasteiger charge is 2.17. The van der Waals surface area contributed by atoms with Gasteiger partial charge in [-0.25, -0.2) is 4.79 Å². The Hall–Kier alpha value is -2.50. The van der Waals surface area contributed by atoms with Gasteiger partial charge in [0.2, 0.25) is 5.91 Å². The number of hydrogen-bond donors (Lipinski definition) is 2. The molecular formula is C19H15Cl2NO4. The number of hydrogen-bond acceptors (Lipinski definition) is 4. The van der Waals surface area contributed by atoms with Crippen molar-refractivity contribution in [3.63, 3.8) is 0 Å². The number of fused-ring (bicyclic) bond motifs is 1. The number of aryl methyl sites for hydroxylation is 2. The molecule has 0 aliphatic rings. The van der Waals surface area contributed by atoms with Crippen molar-refractivity contribution in [2.24, 2.45) is 0 Å². The van der Waals surface area contributed by atoms with Crippen LogP contribution in [0.1, 0.15) is 16.7 Å². The summed E-state index contributed by atoms with van der Waals surface area (Å²) >= 11 is 11.9. The predicted molar refractivity (Wildman–Crippen MR) is 102 cm³/mol. The number of aromatic hydroxyl groups is 1. The lowest BCUT2D eigenvalue weighted by molar-refractivity contribution is -0.115. The van der Waals surface area contributed by atoms with E-state index in [1.54, 1.807) is 32.0 Å². The predicted octanol–water partition coefficient (Wildman–Crippen LogP) is 4.60. The maximum atomic E-state index is 12.4. The molecule has 3 aromatic rings. The summed E-state index contributed by atoms with van der Waals surface area (Å²) in [7, 11) is 0. The van der Waals surface area contributed by atoms with Gasteiger partial charge >= 0.3 is 5.63 Å². The minimum Gasteiger partial charge on any atom is -0.508 e. The fourth-order valence-electron chi connectivity index (χ4n) is 2.73. The minimum atomic E-state index is -0.615. The van der Waals surface area contributed by atoms with Crippen LogP contribution in [0.4, 0.5) is 5.69 Å². The van der Waals surface area contributed by atoms with Gasteiger partial charge in [-0.05, 0) is 49.7 Å². The molecule has 2 aromatic carbocycles. The Balaban J connectivity index is 1.96. The van der Waals surface area contributed by atoms with Gasteiger partial charge in [0.15, 0.2) is 0 Å². The van der Waals surface area contributed by atoms with Gasteiger partial charge < -0.3 is 14.8 Å². The van der Waals surface area contributed by atoms with Crippen LogP contribution < -0.4 is 10.9 Å². The smallest absolute Gasteiger partial charge is 0.340 e. The van der Waals surface area contributed by atoms with Crippen molar-refractivity contribution in [3.8, 4) is 5.75 Å². The molecular weight excluding hydrogens is 377 g/mol. The third-order valence-electron chi connectivity index (χ3n) is 4.21. The third kappa shape index (κ3) is 3.41. The summed E-state index contributed by atoms with van der Waals surface area (Å²) in [6.45, 7) is 3.40. The first-order valence-electron chi connectivity index (χ1n) is 7.77. The topological polar surface area (TPSA) is 79.5 Å². The minimum absolute atomic E-state index is 0.0427. The molecule has 0 bridgehead atoms. The molecule has 26 heavy (non-hydrogen) atoms. The van der Waals surface area contributed by atoms with Gasteiger partial charge in [-0.3, -0.25) is 4.79 Å². The number of halogens is 2. The maximum absolute atomic E-state index is 12.4. The van der Waals surface area contributed by atoms with E-state index in [2.05, 4.69) is 5.32 Å². The highest BCUT2D eigenvalue weighted by atomic mass is 35.5. The molecule has 3 rings (SSSR count). The van der Waals surface area contributed by atoms with Gasteiger partial charge in [-0.1, -0.05) is 23.2 Å². The summed E-state index contributed by atoms with van der Waals surface area (Å²) < 4.78 is 5.34. The van der Waals surface area contributed by atoms with E-state index < -0.39 is 11.5 Å². The fourth-order valence-corrected chi connectivity index (χ4v) is 3.07. The lowest BCUT2D eigenvalue weighted by Gasteiger charge is -2.11. The number of amides is 1. The monoisotopic (exact) mass is 391 g/mol. The second-order valence-corrected chi connectivity index (χ2v) is 6.77. The van der Waals surface area contributed by atoms with Crippen LogP contribution in [0.25, 0.3) is 11.0 Å². The zero-order chi connectivity index (χ0) is 19.0. The number of carbonyl (C=O) groups excluding carboxylic acids is 1. The van der Waals surface area contributed by atoms with E-state index in [0.717, 1.165) is 0 Å². The average Bonchev–Trinajstić information content (AvgIpc) is 2.58. The summed E-state index contributed by atoms with van der Waals surface area (Å²) in [5, 5.41) is 13.9. The number of rotatable bonds is 3. The van der Waals surface area contributed by atoms with Crippen molar-refractivity contribution in [1.29, 1.82) is 0 Å². The number of phenolic OH excluding ortho intramolecular Hbond substituents is 1. The maximum Gasteiger partial charge on any atom is 0.340 e. The second kappa shape index (κ2) is 7.02. The van der Waals surface area contributed by atoms with Gasteiger partial charge in [0.25, 0.3) is 0 Å². The third-order valence-corrected chi connectivity index (χ3v) is 4.78. The standard InChI is InChI=1S/C19H15Cl2NO4/c1-9-12-4-6-16(23)10(2)18(12)26-19(25)13(9)8-17(24)22-15-7-11(20)3-5-14(15)21/h3-7,23H,8H2,1-2H3,(H,22,24). The Morgan fingerprint density at radius 3 is 2.62 bits per heavy atom. The van der Waals surface area contributed by atoms with E-state index in [1.165, 1.54) is 12.1 Å². The van der Waals surface area contributed by atoms with Gasteiger partial charge in [-0.2, -0.15) is 0 Å². The molecule has 0 atom stereocenters. The molecule has 0 aliphatic heterocycles. The van der Waals surface area contributed by atoms with E-state index >= 15 is 0 Å². The molecule has 5 nitrogen and oxygen atoms in total. The summed E-state index contributed by atoms with van der Waals surface area (Å²) in [6.07, 6.45) is -0.174. The molecule has 1 aromatic heterocycles. The van der Waals surface area contributed by atoms with Gasteiger partial charge in [-0.15, -0.1) is 0 Å². The van der Waals surface area contributed by atoms with Crippen LogP contribution in [0.3, 0.4) is 0 Å². The Morgan fingerprint density at radius 1 is 1.15 bits per heavy atom. The summed E-state index contributed by atoms with van der Waals surface area (Å²) in [4.78, 5) is 24.7. The highest BCUT2D eigenvalue weighted by molar-refractivity contribution is 6.35. The van der Waals surface area contributed by atoms with Crippen molar-refractivity contribution >= 4 is 45.8 Å². The highest BCUT2D eigenvalue weighted by Crippen LogP contribution is 2.29. The van der Waals surface area contributed by atoms with Crippen molar-refractivity contribution in [2.45, 2.75) is 20.3 Å². The molecule has 0 radical (unpaired) electrons. The van der Waals surface area contributed by atoms with Crippen LogP contribution in [-0.2, 0) is 11.2 Å². The first-order valence-corrected chi connectivity index (χ1v) is 8.53. The number of carbonyl (C=O) groups is 1. The number of phenols is 1. The summed E-state index contributed by atoms with van der Waals surface area (Å²) in [5.74, 6) is -0.374. The molecule has 0 aliphatic carbocycles. The van der Waals surface area contributed by atoms with E-state index in [9.17, 15) is 14.7 Å². The molecule has 0 spiro atoms. The van der Waals surface area contributed by atoms with E-state index in [4.69, 9.17) is 27.6 Å². The molecule has 1 heterocycles. The van der Waals surface area contributed by atoms with Crippen LogP contribution in [0.2, 0.25) is 10.0 Å². The van der Waals surface area contributed by atoms with E-state index in [0.29, 0.717) is 37.8 Å². The number of benzene rings is 2. The van der Waals surface area contributed by atoms with E-state index in [1.807, 2.05) is 0 Å². The van der Waals surface area contributed by atoms with Gasteiger partial charge in [0.1, 0.15) is 11.3 Å². The molecule has 0 saturated carbocycles. The zero-order valence-electron chi connectivity index (χ0n) is 14.0. The molecule has 1 amide bonds. The first-order chi connectivity index (χ1) is 12.3. The summed E-state index contributed by atoms with van der Waals surface area (Å²) in [5.41, 5.74) is 1.42. The zero-order valence-corrected chi connectivity index (χ0v) is 15.5. The normalized spacial score (nSPS) is 10.9. The van der Waals surface area contributed by atoms with Gasteiger partial charge in [0.05, 0.1) is 22.7 Å². The van der Waals surface area contributed by atoms with Gasteiger partial charge in [0, 0.05) is 16.0 Å². The lowest BCUT2D eigenvalue weighted by atomic mass is 10.0.